The average molecular weight is 175 g/mol. The number of thiol groups is 1. The summed E-state index contributed by atoms with van der Waals surface area (Å²) in [5, 5.41) is 3.95. The van der Waals surface area contributed by atoms with E-state index in [0.29, 0.717) is 19.4 Å². The van der Waals surface area contributed by atoms with Crippen LogP contribution in [-0.4, -0.2) is 18.1 Å². The highest BCUT2D eigenvalue weighted by atomic mass is 32.1. The average Bonchev–Trinajstić information content (AvgIpc) is 2.70. The van der Waals surface area contributed by atoms with E-state index in [2.05, 4.69) is 17.9 Å². The van der Waals surface area contributed by atoms with Gasteiger partial charge < -0.3 is 5.32 Å². The van der Waals surface area contributed by atoms with Crippen molar-refractivity contribution < 1.29 is 9.18 Å². The summed E-state index contributed by atoms with van der Waals surface area (Å²) < 4.78 is 12.9. The zero-order chi connectivity index (χ0) is 8.32. The van der Waals surface area contributed by atoms with E-state index >= 15 is 0 Å². The van der Waals surface area contributed by atoms with Gasteiger partial charge in [-0.05, 0) is 18.2 Å². The van der Waals surface area contributed by atoms with E-state index in [4.69, 9.17) is 0 Å². The van der Waals surface area contributed by atoms with Crippen molar-refractivity contribution in [3.8, 4) is 0 Å². The number of carbonyl (C=O) groups excluding carboxylic acids is 1. The van der Waals surface area contributed by atoms with Crippen molar-refractivity contribution in [3.63, 3.8) is 0 Å². The maximum Gasteiger partial charge on any atom is 0.257 e. The molecule has 1 N–H and O–H groups in total. The van der Waals surface area contributed by atoms with Crippen molar-refractivity contribution >= 4 is 18.5 Å². The number of rotatable bonds is 3. The minimum Gasteiger partial charge on any atom is -0.350 e. The third-order valence-electron chi connectivity index (χ3n) is 1.58. The van der Waals surface area contributed by atoms with Gasteiger partial charge in [0.15, 0.2) is 5.67 Å². The molecule has 0 saturated heterocycles. The SMILES string of the molecule is O=C(NC/C=C/S)C1(F)CC1. The van der Waals surface area contributed by atoms with Crippen LogP contribution in [0.2, 0.25) is 0 Å². The summed E-state index contributed by atoms with van der Waals surface area (Å²) in [6.07, 6.45) is 2.37. The Bertz CT molecular complexity index is 189. The number of halogens is 1. The Kier molecular flexibility index (Phi) is 2.54. The van der Waals surface area contributed by atoms with E-state index < -0.39 is 11.6 Å². The van der Waals surface area contributed by atoms with Crippen LogP contribution < -0.4 is 5.32 Å². The van der Waals surface area contributed by atoms with Crippen LogP contribution in [0.3, 0.4) is 0 Å². The minimum absolute atomic E-state index is 0.355. The van der Waals surface area contributed by atoms with Gasteiger partial charge in [-0.2, -0.15) is 12.6 Å². The predicted molar refractivity (Wildman–Crippen MR) is 44.2 cm³/mol. The van der Waals surface area contributed by atoms with E-state index in [1.54, 1.807) is 6.08 Å². The first kappa shape index (κ1) is 8.59. The lowest BCUT2D eigenvalue weighted by atomic mass is 10.3. The molecule has 4 heteroatoms. The maximum absolute atomic E-state index is 12.9. The third-order valence-corrected chi connectivity index (χ3v) is 1.79. The van der Waals surface area contributed by atoms with Crippen LogP contribution in [0.4, 0.5) is 4.39 Å². The molecule has 0 bridgehead atoms. The molecule has 1 fully saturated rings. The Morgan fingerprint density at radius 2 is 2.36 bits per heavy atom. The summed E-state index contributed by atoms with van der Waals surface area (Å²) in [6, 6.07) is 0. The molecule has 1 aliphatic carbocycles. The second kappa shape index (κ2) is 3.26. The van der Waals surface area contributed by atoms with E-state index in [1.165, 1.54) is 5.41 Å². The summed E-state index contributed by atoms with van der Waals surface area (Å²) in [4.78, 5) is 10.9. The molecule has 0 aromatic heterocycles. The van der Waals surface area contributed by atoms with Crippen LogP contribution in [-0.2, 0) is 4.79 Å². The van der Waals surface area contributed by atoms with Gasteiger partial charge in [-0.1, -0.05) is 6.08 Å². The van der Waals surface area contributed by atoms with E-state index in [0.717, 1.165) is 0 Å². The molecular weight excluding hydrogens is 165 g/mol. The molecule has 1 saturated carbocycles. The fourth-order valence-electron chi connectivity index (χ4n) is 0.700. The number of nitrogens with one attached hydrogen (secondary N) is 1. The van der Waals surface area contributed by atoms with E-state index in [-0.39, 0.29) is 0 Å². The van der Waals surface area contributed by atoms with Crippen molar-refractivity contribution in [2.75, 3.05) is 6.54 Å². The molecule has 0 unspecified atom stereocenters. The second-order valence-corrected chi connectivity index (χ2v) is 2.86. The first-order chi connectivity index (χ1) is 5.19. The predicted octanol–water partition coefficient (Wildman–Crippen LogP) is 1.05. The van der Waals surface area contributed by atoms with Crippen molar-refractivity contribution in [3.05, 3.63) is 11.5 Å². The van der Waals surface area contributed by atoms with Crippen molar-refractivity contribution in [2.24, 2.45) is 0 Å². The first-order valence-corrected chi connectivity index (χ1v) is 3.97. The number of carbonyl (C=O) groups is 1. The fraction of sp³-hybridized carbons (Fsp3) is 0.571. The Morgan fingerprint density at radius 3 is 2.82 bits per heavy atom. The molecule has 1 aliphatic rings. The number of hydrogen-bond donors (Lipinski definition) is 2. The number of alkyl halides is 1. The summed E-state index contributed by atoms with van der Waals surface area (Å²) in [7, 11) is 0. The number of amides is 1. The van der Waals surface area contributed by atoms with Crippen LogP contribution in [0.5, 0.6) is 0 Å². The van der Waals surface area contributed by atoms with Gasteiger partial charge in [0.1, 0.15) is 0 Å². The second-order valence-electron chi connectivity index (χ2n) is 2.56. The van der Waals surface area contributed by atoms with Gasteiger partial charge in [0.2, 0.25) is 0 Å². The fourth-order valence-corrected chi connectivity index (χ4v) is 0.805. The van der Waals surface area contributed by atoms with Crippen molar-refractivity contribution in [1.29, 1.82) is 0 Å². The van der Waals surface area contributed by atoms with Crippen LogP contribution in [0, 0.1) is 0 Å². The van der Waals surface area contributed by atoms with Crippen molar-refractivity contribution in [1.82, 2.24) is 5.32 Å². The lowest BCUT2D eigenvalue weighted by molar-refractivity contribution is -0.127. The molecule has 0 spiro atoms. The first-order valence-electron chi connectivity index (χ1n) is 3.45. The smallest absolute Gasteiger partial charge is 0.257 e. The highest BCUT2D eigenvalue weighted by Gasteiger charge is 2.50. The highest BCUT2D eigenvalue weighted by molar-refractivity contribution is 7.83. The Labute approximate surface area is 70.3 Å². The summed E-state index contributed by atoms with van der Waals surface area (Å²) in [6.45, 7) is 0.355. The molecule has 1 rings (SSSR count). The maximum atomic E-state index is 12.9. The third kappa shape index (κ3) is 2.22. The lowest BCUT2D eigenvalue weighted by Gasteiger charge is -2.03. The van der Waals surface area contributed by atoms with Gasteiger partial charge >= 0.3 is 0 Å². The number of hydrogen-bond acceptors (Lipinski definition) is 2. The minimum atomic E-state index is -1.55. The normalized spacial score (nSPS) is 20.2. The van der Waals surface area contributed by atoms with E-state index in [1.807, 2.05) is 0 Å². The molecule has 0 radical (unpaired) electrons. The monoisotopic (exact) mass is 175 g/mol. The standard InChI is InChI=1S/C7H10FNOS/c8-7(2-3-7)6(10)9-4-1-5-11/h1,5,11H,2-4H2,(H,9,10)/b5-1+. The molecule has 11 heavy (non-hydrogen) atoms. The van der Waals surface area contributed by atoms with Crippen LogP contribution in [0.25, 0.3) is 0 Å². The molecule has 2 nitrogen and oxygen atoms in total. The molecule has 0 heterocycles. The van der Waals surface area contributed by atoms with Gasteiger partial charge in [-0.25, -0.2) is 4.39 Å². The topological polar surface area (TPSA) is 29.1 Å². The molecule has 62 valence electrons. The quantitative estimate of drug-likeness (QED) is 0.617. The van der Waals surface area contributed by atoms with Gasteiger partial charge in [0, 0.05) is 6.54 Å². The van der Waals surface area contributed by atoms with Gasteiger partial charge in [0.05, 0.1) is 0 Å². The summed E-state index contributed by atoms with van der Waals surface area (Å²) in [5.41, 5.74) is -1.55. The molecule has 0 atom stereocenters. The zero-order valence-corrected chi connectivity index (χ0v) is 6.90. The molecule has 1 amide bonds. The molecular formula is C7H10FNOS. The molecule has 0 aliphatic heterocycles. The van der Waals surface area contributed by atoms with Gasteiger partial charge in [-0.15, -0.1) is 0 Å². The Balaban J connectivity index is 2.21. The van der Waals surface area contributed by atoms with Crippen LogP contribution >= 0.6 is 12.6 Å². The van der Waals surface area contributed by atoms with Gasteiger partial charge in [-0.3, -0.25) is 4.79 Å². The lowest BCUT2D eigenvalue weighted by Crippen LogP contribution is -2.33. The Morgan fingerprint density at radius 1 is 1.73 bits per heavy atom. The molecule has 0 aromatic rings. The van der Waals surface area contributed by atoms with E-state index in [9.17, 15) is 9.18 Å². The van der Waals surface area contributed by atoms with Crippen LogP contribution in [0.15, 0.2) is 11.5 Å². The summed E-state index contributed by atoms with van der Waals surface area (Å²) >= 11 is 3.79. The molecule has 0 aromatic carbocycles. The highest BCUT2D eigenvalue weighted by Crippen LogP contribution is 2.39. The zero-order valence-electron chi connectivity index (χ0n) is 6.01. The van der Waals surface area contributed by atoms with Gasteiger partial charge in [0.25, 0.3) is 5.91 Å². The van der Waals surface area contributed by atoms with Crippen LogP contribution in [0.1, 0.15) is 12.8 Å². The van der Waals surface area contributed by atoms with Crippen molar-refractivity contribution in [2.45, 2.75) is 18.5 Å². The Hall–Kier alpha value is -0.510. The summed E-state index contributed by atoms with van der Waals surface area (Å²) in [5.74, 6) is -0.496. The largest absolute Gasteiger partial charge is 0.350 e.